The molecule has 0 aliphatic heterocycles. The zero-order chi connectivity index (χ0) is 20.4. The van der Waals surface area contributed by atoms with E-state index in [2.05, 4.69) is 15.5 Å². The van der Waals surface area contributed by atoms with E-state index in [9.17, 15) is 14.0 Å². The molecule has 0 spiro atoms. The Balaban J connectivity index is 1.65. The van der Waals surface area contributed by atoms with E-state index in [-0.39, 0.29) is 23.0 Å². The monoisotopic (exact) mass is 411 g/mol. The van der Waals surface area contributed by atoms with Crippen molar-refractivity contribution in [2.45, 2.75) is 25.0 Å². The van der Waals surface area contributed by atoms with E-state index < -0.39 is 0 Å². The lowest BCUT2D eigenvalue weighted by Gasteiger charge is -2.10. The lowest BCUT2D eigenvalue weighted by molar-refractivity contribution is -0.113. The van der Waals surface area contributed by atoms with Gasteiger partial charge < -0.3 is 5.32 Å². The van der Waals surface area contributed by atoms with E-state index in [4.69, 9.17) is 0 Å². The molecule has 0 radical (unpaired) electrons. The molecule has 0 saturated carbocycles. The van der Waals surface area contributed by atoms with Gasteiger partial charge in [-0.05, 0) is 42.8 Å². The van der Waals surface area contributed by atoms with Gasteiger partial charge in [-0.15, -0.1) is 10.2 Å². The van der Waals surface area contributed by atoms with Gasteiger partial charge >= 0.3 is 0 Å². The van der Waals surface area contributed by atoms with Crippen molar-refractivity contribution in [2.75, 3.05) is 11.1 Å². The number of thioether (sulfide) groups is 1. The SMILES string of the molecule is CCCn1c(=O)c2ccccc2n2c(SCC(=O)Nc3ccc(F)cc3)nnc12. The molecule has 2 heterocycles. The summed E-state index contributed by atoms with van der Waals surface area (Å²) in [5.74, 6) is -0.0572. The second kappa shape index (κ2) is 8.04. The first-order valence-corrected chi connectivity index (χ1v) is 10.1. The molecule has 2 aromatic heterocycles. The molecule has 1 amide bonds. The van der Waals surface area contributed by atoms with Gasteiger partial charge in [0.2, 0.25) is 11.7 Å². The summed E-state index contributed by atoms with van der Waals surface area (Å²) in [6.45, 7) is 2.52. The van der Waals surface area contributed by atoms with Gasteiger partial charge in [-0.2, -0.15) is 0 Å². The van der Waals surface area contributed by atoms with Gasteiger partial charge in [-0.1, -0.05) is 30.8 Å². The molecule has 0 unspecified atom stereocenters. The molecule has 7 nitrogen and oxygen atoms in total. The molecule has 4 aromatic rings. The van der Waals surface area contributed by atoms with Crippen molar-refractivity contribution in [1.82, 2.24) is 19.2 Å². The van der Waals surface area contributed by atoms with E-state index in [0.29, 0.717) is 34.1 Å². The molecule has 0 atom stereocenters. The van der Waals surface area contributed by atoms with Crippen LogP contribution in [0.2, 0.25) is 0 Å². The second-order valence-electron chi connectivity index (χ2n) is 6.44. The number of hydrogen-bond acceptors (Lipinski definition) is 5. The van der Waals surface area contributed by atoms with Gasteiger partial charge in [0, 0.05) is 12.2 Å². The minimum Gasteiger partial charge on any atom is -0.325 e. The van der Waals surface area contributed by atoms with Crippen LogP contribution in [-0.4, -0.2) is 30.8 Å². The molecule has 0 bridgehead atoms. The lowest BCUT2D eigenvalue weighted by atomic mass is 10.2. The first kappa shape index (κ1) is 19.1. The molecular formula is C20H18FN5O2S. The molecule has 148 valence electrons. The average molecular weight is 411 g/mol. The van der Waals surface area contributed by atoms with Crippen LogP contribution in [0.4, 0.5) is 10.1 Å². The van der Waals surface area contributed by atoms with Gasteiger partial charge in [0.15, 0.2) is 5.16 Å². The third-order valence-electron chi connectivity index (χ3n) is 4.39. The largest absolute Gasteiger partial charge is 0.325 e. The number of nitrogens with one attached hydrogen (secondary N) is 1. The Morgan fingerprint density at radius 3 is 2.66 bits per heavy atom. The predicted octanol–water partition coefficient (Wildman–Crippen LogP) is 3.32. The van der Waals surface area contributed by atoms with Gasteiger partial charge in [0.25, 0.3) is 5.56 Å². The van der Waals surface area contributed by atoms with Crippen molar-refractivity contribution in [1.29, 1.82) is 0 Å². The highest BCUT2D eigenvalue weighted by Crippen LogP contribution is 2.22. The number of para-hydroxylation sites is 1. The Hall–Kier alpha value is -3.20. The van der Waals surface area contributed by atoms with Crippen molar-refractivity contribution in [3.63, 3.8) is 0 Å². The Morgan fingerprint density at radius 1 is 1.14 bits per heavy atom. The molecule has 0 saturated heterocycles. The van der Waals surface area contributed by atoms with Crippen LogP contribution in [-0.2, 0) is 11.3 Å². The summed E-state index contributed by atoms with van der Waals surface area (Å²) in [5, 5.41) is 12.2. The first-order valence-electron chi connectivity index (χ1n) is 9.13. The predicted molar refractivity (Wildman–Crippen MR) is 111 cm³/mol. The number of hydrogen-bond donors (Lipinski definition) is 1. The lowest BCUT2D eigenvalue weighted by Crippen LogP contribution is -2.23. The third kappa shape index (κ3) is 3.73. The summed E-state index contributed by atoms with van der Waals surface area (Å²) in [6, 6.07) is 12.9. The minimum atomic E-state index is -0.364. The Labute approximate surface area is 169 Å². The van der Waals surface area contributed by atoms with Crippen molar-refractivity contribution >= 4 is 40.0 Å². The highest BCUT2D eigenvalue weighted by atomic mass is 32.2. The van der Waals surface area contributed by atoms with Crippen LogP contribution in [0.15, 0.2) is 58.5 Å². The smallest absolute Gasteiger partial charge is 0.262 e. The summed E-state index contributed by atoms with van der Waals surface area (Å²) >= 11 is 1.22. The van der Waals surface area contributed by atoms with Crippen LogP contribution in [0.5, 0.6) is 0 Å². The molecule has 0 fully saturated rings. The van der Waals surface area contributed by atoms with Crippen LogP contribution in [0.3, 0.4) is 0 Å². The molecule has 1 N–H and O–H groups in total. The van der Waals surface area contributed by atoms with Crippen molar-refractivity contribution in [3.8, 4) is 0 Å². The fourth-order valence-corrected chi connectivity index (χ4v) is 3.85. The van der Waals surface area contributed by atoms with Crippen LogP contribution in [0.25, 0.3) is 16.7 Å². The van der Waals surface area contributed by atoms with Crippen LogP contribution < -0.4 is 10.9 Å². The first-order chi connectivity index (χ1) is 14.1. The summed E-state index contributed by atoms with van der Waals surface area (Å²) in [4.78, 5) is 25.1. The number of fused-ring (bicyclic) bond motifs is 3. The number of aromatic nitrogens is 4. The van der Waals surface area contributed by atoms with Crippen LogP contribution in [0.1, 0.15) is 13.3 Å². The Morgan fingerprint density at radius 2 is 1.90 bits per heavy atom. The Kier molecular flexibility index (Phi) is 5.30. The number of rotatable bonds is 6. The molecule has 2 aromatic carbocycles. The molecule has 4 rings (SSSR count). The molecule has 29 heavy (non-hydrogen) atoms. The maximum Gasteiger partial charge on any atom is 0.262 e. The standard InChI is InChI=1S/C20H18FN5O2S/c1-2-11-25-18(28)15-5-3-4-6-16(15)26-19(25)23-24-20(26)29-12-17(27)22-14-9-7-13(21)8-10-14/h3-10H,2,11-12H2,1H3,(H,22,27). The number of carbonyl (C=O) groups excluding carboxylic acids is 1. The highest BCUT2D eigenvalue weighted by molar-refractivity contribution is 7.99. The summed E-state index contributed by atoms with van der Waals surface area (Å²) < 4.78 is 16.4. The van der Waals surface area contributed by atoms with E-state index in [1.807, 2.05) is 29.5 Å². The second-order valence-corrected chi connectivity index (χ2v) is 7.38. The fraction of sp³-hybridized carbons (Fsp3) is 0.200. The van der Waals surface area contributed by atoms with E-state index in [1.165, 1.54) is 36.0 Å². The number of amides is 1. The maximum atomic E-state index is 13.0. The number of anilines is 1. The highest BCUT2D eigenvalue weighted by Gasteiger charge is 2.17. The molecule has 9 heteroatoms. The van der Waals surface area contributed by atoms with Crippen molar-refractivity contribution in [2.24, 2.45) is 0 Å². The molecular weight excluding hydrogens is 393 g/mol. The van der Waals surface area contributed by atoms with Crippen molar-refractivity contribution in [3.05, 3.63) is 64.7 Å². The van der Waals surface area contributed by atoms with E-state index >= 15 is 0 Å². The zero-order valence-electron chi connectivity index (χ0n) is 15.6. The van der Waals surface area contributed by atoms with Gasteiger partial charge in [0.05, 0.1) is 16.7 Å². The zero-order valence-corrected chi connectivity index (χ0v) is 16.4. The van der Waals surface area contributed by atoms with E-state index in [0.717, 1.165) is 6.42 Å². The molecule has 0 aliphatic rings. The number of benzene rings is 2. The number of carbonyl (C=O) groups is 1. The quantitative estimate of drug-likeness (QED) is 0.492. The summed E-state index contributed by atoms with van der Waals surface area (Å²) in [6.07, 6.45) is 0.781. The van der Waals surface area contributed by atoms with Crippen molar-refractivity contribution < 1.29 is 9.18 Å². The minimum absolute atomic E-state index is 0.0966. The van der Waals surface area contributed by atoms with Crippen LogP contribution in [0, 0.1) is 5.82 Å². The topological polar surface area (TPSA) is 81.3 Å². The van der Waals surface area contributed by atoms with E-state index in [1.54, 1.807) is 10.6 Å². The average Bonchev–Trinajstić information content (AvgIpc) is 3.15. The Bertz CT molecular complexity index is 1250. The normalized spacial score (nSPS) is 11.2. The fourth-order valence-electron chi connectivity index (χ4n) is 3.11. The summed E-state index contributed by atoms with van der Waals surface area (Å²) in [7, 11) is 0. The number of aryl methyl sites for hydroxylation is 1. The summed E-state index contributed by atoms with van der Waals surface area (Å²) in [5.41, 5.74) is 1.12. The number of nitrogens with zero attached hydrogens (tertiary/aromatic N) is 4. The molecule has 0 aliphatic carbocycles. The maximum absolute atomic E-state index is 13.0. The van der Waals surface area contributed by atoms with Crippen LogP contribution >= 0.6 is 11.8 Å². The third-order valence-corrected chi connectivity index (χ3v) is 5.31. The van der Waals surface area contributed by atoms with Gasteiger partial charge in [-0.25, -0.2) is 4.39 Å². The van der Waals surface area contributed by atoms with Gasteiger partial charge in [-0.3, -0.25) is 18.6 Å². The van der Waals surface area contributed by atoms with Gasteiger partial charge in [0.1, 0.15) is 5.82 Å². The number of halogens is 1.